The molecular formula is C16H20ClN3O. The predicted octanol–water partition coefficient (Wildman–Crippen LogP) is 4.70. The average molecular weight is 306 g/mol. The zero-order valence-corrected chi connectivity index (χ0v) is 13.6. The lowest BCUT2D eigenvalue weighted by Crippen LogP contribution is -2.11. The van der Waals surface area contributed by atoms with Crippen molar-refractivity contribution in [1.29, 1.82) is 0 Å². The Hall–Kier alpha value is -1.55. The van der Waals surface area contributed by atoms with E-state index in [0.717, 1.165) is 47.1 Å². The molecule has 2 aromatic rings. The van der Waals surface area contributed by atoms with E-state index in [1.807, 2.05) is 20.8 Å². The number of anilines is 1. The fraction of sp³-hybridized carbons (Fsp3) is 0.500. The van der Waals surface area contributed by atoms with Gasteiger partial charge in [-0.3, -0.25) is 0 Å². The van der Waals surface area contributed by atoms with Crippen LogP contribution in [-0.4, -0.2) is 9.97 Å². The van der Waals surface area contributed by atoms with Crippen LogP contribution in [0.2, 0.25) is 5.15 Å². The summed E-state index contributed by atoms with van der Waals surface area (Å²) in [5.74, 6) is 4.03. The summed E-state index contributed by atoms with van der Waals surface area (Å²) in [6.07, 6.45) is 2.32. The summed E-state index contributed by atoms with van der Waals surface area (Å²) in [6, 6.07) is 2.17. The predicted molar refractivity (Wildman–Crippen MR) is 84.0 cm³/mol. The van der Waals surface area contributed by atoms with Gasteiger partial charge in [0.15, 0.2) is 0 Å². The molecule has 1 unspecified atom stereocenters. The zero-order valence-electron chi connectivity index (χ0n) is 12.8. The molecule has 1 atom stereocenters. The van der Waals surface area contributed by atoms with Crippen LogP contribution in [0, 0.1) is 20.8 Å². The molecule has 0 aliphatic heterocycles. The maximum atomic E-state index is 6.25. The van der Waals surface area contributed by atoms with E-state index in [1.54, 1.807) is 0 Å². The summed E-state index contributed by atoms with van der Waals surface area (Å²) in [7, 11) is 0. The highest BCUT2D eigenvalue weighted by Crippen LogP contribution is 2.39. The second-order valence-corrected chi connectivity index (χ2v) is 6.21. The van der Waals surface area contributed by atoms with E-state index >= 15 is 0 Å². The first-order chi connectivity index (χ1) is 9.95. The van der Waals surface area contributed by atoms with Gasteiger partial charge in [-0.2, -0.15) is 0 Å². The second kappa shape index (κ2) is 5.34. The van der Waals surface area contributed by atoms with E-state index < -0.39 is 0 Å². The summed E-state index contributed by atoms with van der Waals surface area (Å²) >= 11 is 6.25. The van der Waals surface area contributed by atoms with Crippen molar-refractivity contribution in [2.24, 2.45) is 0 Å². The minimum Gasteiger partial charge on any atom is -0.466 e. The Balaban J connectivity index is 1.88. The van der Waals surface area contributed by atoms with Crippen LogP contribution in [0.4, 0.5) is 5.82 Å². The molecule has 21 heavy (non-hydrogen) atoms. The molecule has 3 rings (SSSR count). The van der Waals surface area contributed by atoms with Gasteiger partial charge in [0.25, 0.3) is 0 Å². The Kier molecular flexibility index (Phi) is 3.66. The molecule has 5 heteroatoms. The van der Waals surface area contributed by atoms with Crippen molar-refractivity contribution >= 4 is 17.4 Å². The zero-order chi connectivity index (χ0) is 15.1. The number of furan rings is 1. The maximum absolute atomic E-state index is 6.25. The van der Waals surface area contributed by atoms with E-state index in [1.165, 1.54) is 0 Å². The molecule has 1 aliphatic carbocycles. The van der Waals surface area contributed by atoms with Crippen molar-refractivity contribution < 1.29 is 4.42 Å². The topological polar surface area (TPSA) is 51.0 Å². The first-order valence-corrected chi connectivity index (χ1v) is 7.71. The molecule has 0 saturated heterocycles. The Labute approximate surface area is 129 Å². The van der Waals surface area contributed by atoms with Gasteiger partial charge in [0, 0.05) is 17.0 Å². The third kappa shape index (κ3) is 2.91. The summed E-state index contributed by atoms with van der Waals surface area (Å²) in [4.78, 5) is 9.05. The third-order valence-corrected chi connectivity index (χ3v) is 4.31. The lowest BCUT2D eigenvalue weighted by atomic mass is 10.1. The fourth-order valence-corrected chi connectivity index (χ4v) is 2.71. The molecule has 2 heterocycles. The van der Waals surface area contributed by atoms with Crippen molar-refractivity contribution in [3.8, 4) is 0 Å². The van der Waals surface area contributed by atoms with Crippen LogP contribution in [0.25, 0.3) is 0 Å². The van der Waals surface area contributed by atoms with Crippen LogP contribution in [0.15, 0.2) is 10.5 Å². The minimum atomic E-state index is 0.110. The van der Waals surface area contributed by atoms with Gasteiger partial charge in [-0.05, 0) is 46.6 Å². The summed E-state index contributed by atoms with van der Waals surface area (Å²) < 4.78 is 5.60. The first-order valence-electron chi connectivity index (χ1n) is 7.33. The normalized spacial score (nSPS) is 16.0. The van der Waals surface area contributed by atoms with E-state index in [2.05, 4.69) is 28.3 Å². The largest absolute Gasteiger partial charge is 0.466 e. The van der Waals surface area contributed by atoms with Crippen LogP contribution in [0.1, 0.15) is 60.2 Å². The summed E-state index contributed by atoms with van der Waals surface area (Å²) in [5, 5.41) is 3.99. The molecule has 1 fully saturated rings. The number of aryl methyl sites for hydroxylation is 2. The van der Waals surface area contributed by atoms with Crippen molar-refractivity contribution in [3.63, 3.8) is 0 Å². The molecule has 4 nitrogen and oxygen atoms in total. The van der Waals surface area contributed by atoms with Gasteiger partial charge in [-0.15, -0.1) is 0 Å². The van der Waals surface area contributed by atoms with Crippen molar-refractivity contribution in [1.82, 2.24) is 9.97 Å². The lowest BCUT2D eigenvalue weighted by molar-refractivity contribution is 0.499. The smallest absolute Gasteiger partial charge is 0.137 e. The quantitative estimate of drug-likeness (QED) is 0.832. The highest BCUT2D eigenvalue weighted by Gasteiger charge is 2.28. The molecule has 0 spiro atoms. The molecule has 2 aromatic heterocycles. The Morgan fingerprint density at radius 1 is 1.29 bits per heavy atom. The Morgan fingerprint density at radius 3 is 2.57 bits per heavy atom. The molecule has 0 bridgehead atoms. The van der Waals surface area contributed by atoms with Crippen molar-refractivity contribution in [2.75, 3.05) is 5.32 Å². The molecule has 0 aromatic carbocycles. The van der Waals surface area contributed by atoms with E-state index in [9.17, 15) is 0 Å². The van der Waals surface area contributed by atoms with Crippen LogP contribution in [0.3, 0.4) is 0 Å². The molecule has 1 N–H and O–H groups in total. The van der Waals surface area contributed by atoms with Crippen LogP contribution in [0.5, 0.6) is 0 Å². The monoisotopic (exact) mass is 305 g/mol. The minimum absolute atomic E-state index is 0.110. The number of hydrogen-bond donors (Lipinski definition) is 1. The van der Waals surface area contributed by atoms with Gasteiger partial charge < -0.3 is 9.73 Å². The number of nitrogens with one attached hydrogen (secondary N) is 1. The Bertz CT molecular complexity index is 676. The second-order valence-electron chi connectivity index (χ2n) is 5.86. The van der Waals surface area contributed by atoms with Crippen molar-refractivity contribution in [3.05, 3.63) is 39.7 Å². The van der Waals surface area contributed by atoms with Crippen LogP contribution >= 0.6 is 11.6 Å². The number of aromatic nitrogens is 2. The number of hydrogen-bond acceptors (Lipinski definition) is 4. The van der Waals surface area contributed by atoms with Crippen molar-refractivity contribution in [2.45, 2.75) is 52.5 Å². The first kappa shape index (κ1) is 14.4. The molecule has 1 aliphatic rings. The van der Waals surface area contributed by atoms with Gasteiger partial charge in [0.05, 0.1) is 6.04 Å². The van der Waals surface area contributed by atoms with E-state index in [-0.39, 0.29) is 6.04 Å². The highest BCUT2D eigenvalue weighted by molar-refractivity contribution is 6.30. The lowest BCUT2D eigenvalue weighted by Gasteiger charge is -2.17. The molecule has 0 radical (unpaired) electrons. The van der Waals surface area contributed by atoms with Gasteiger partial charge in [0.2, 0.25) is 0 Å². The molecule has 0 amide bonds. The SMILES string of the molecule is Cc1cc(C(C)Nc2nc(C3CC3)nc(Cl)c2C)c(C)o1. The maximum Gasteiger partial charge on any atom is 0.137 e. The number of halogens is 1. The van der Waals surface area contributed by atoms with E-state index in [4.69, 9.17) is 16.0 Å². The van der Waals surface area contributed by atoms with Gasteiger partial charge in [-0.1, -0.05) is 11.6 Å². The molecular weight excluding hydrogens is 286 g/mol. The van der Waals surface area contributed by atoms with E-state index in [0.29, 0.717) is 11.1 Å². The Morgan fingerprint density at radius 2 is 2.00 bits per heavy atom. The highest BCUT2D eigenvalue weighted by atomic mass is 35.5. The third-order valence-electron chi connectivity index (χ3n) is 3.95. The number of rotatable bonds is 4. The van der Waals surface area contributed by atoms with Gasteiger partial charge in [-0.25, -0.2) is 9.97 Å². The molecule has 1 saturated carbocycles. The van der Waals surface area contributed by atoms with Gasteiger partial charge >= 0.3 is 0 Å². The molecule has 112 valence electrons. The van der Waals surface area contributed by atoms with Crippen LogP contribution in [-0.2, 0) is 0 Å². The summed E-state index contributed by atoms with van der Waals surface area (Å²) in [5.41, 5.74) is 2.04. The fourth-order valence-electron chi connectivity index (χ4n) is 2.53. The average Bonchev–Trinajstić information content (AvgIpc) is 3.20. The van der Waals surface area contributed by atoms with Crippen LogP contribution < -0.4 is 5.32 Å². The van der Waals surface area contributed by atoms with Gasteiger partial charge in [0.1, 0.15) is 28.3 Å². The summed E-state index contributed by atoms with van der Waals surface area (Å²) in [6.45, 7) is 7.99. The number of nitrogens with zero attached hydrogens (tertiary/aromatic N) is 2. The standard InChI is InChI=1S/C16H20ClN3O/c1-8-7-13(11(4)21-8)10(3)18-15-9(2)14(17)19-16(20-15)12-5-6-12/h7,10,12H,5-6H2,1-4H3,(H,18,19,20).